The second-order valence-electron chi connectivity index (χ2n) is 7.52. The lowest BCUT2D eigenvalue weighted by molar-refractivity contribution is 0.252. The number of rotatable bonds is 7. The average molecular weight is 457 g/mol. The van der Waals surface area contributed by atoms with Gasteiger partial charge in [0.05, 0.1) is 35.9 Å². The Balaban J connectivity index is 1.39. The first-order valence-corrected chi connectivity index (χ1v) is 11.7. The number of methoxy groups -OCH3 is 1. The Hall–Kier alpha value is -3.38. The Morgan fingerprint density at radius 1 is 1.41 bits per heavy atom. The van der Waals surface area contributed by atoms with Gasteiger partial charge in [0, 0.05) is 18.5 Å². The summed E-state index contributed by atoms with van der Waals surface area (Å²) in [6, 6.07) is 4.97. The standard InChI is InChI=1S/C20H24N8O3S/c1-3-22-20(30)23-14-7-6-13(8-16(14)31-2)27-10-15(25-26-27)19(29)32-18(12-4-5-12)24-17-9-21-11-28(17)32/h6-12,19,29,32H,3-5H2,1-2H3,(H2,22,23,30). The molecule has 2 aliphatic rings. The molecule has 1 aliphatic heterocycles. The van der Waals surface area contributed by atoms with Crippen LogP contribution in [0.2, 0.25) is 0 Å². The maximum Gasteiger partial charge on any atom is 0.319 e. The number of benzene rings is 1. The van der Waals surface area contributed by atoms with Gasteiger partial charge in [-0.2, -0.15) is 0 Å². The van der Waals surface area contributed by atoms with Crippen LogP contribution in [0.15, 0.2) is 41.9 Å². The number of hydrogen-bond acceptors (Lipinski definition) is 7. The van der Waals surface area contributed by atoms with Crippen molar-refractivity contribution in [1.29, 1.82) is 0 Å². The molecule has 32 heavy (non-hydrogen) atoms. The van der Waals surface area contributed by atoms with E-state index >= 15 is 0 Å². The molecule has 0 bridgehead atoms. The van der Waals surface area contributed by atoms with Crippen LogP contribution in [-0.4, -0.2) is 53.8 Å². The minimum Gasteiger partial charge on any atom is -0.494 e. The Morgan fingerprint density at radius 2 is 2.25 bits per heavy atom. The minimum absolute atomic E-state index is 0.310. The number of nitrogens with zero attached hydrogens (tertiary/aromatic N) is 6. The zero-order valence-electron chi connectivity index (χ0n) is 17.6. The molecule has 0 saturated heterocycles. The molecule has 1 aromatic carbocycles. The van der Waals surface area contributed by atoms with Gasteiger partial charge in [0.15, 0.2) is 5.82 Å². The van der Waals surface area contributed by atoms with E-state index in [2.05, 4.69) is 25.9 Å². The smallest absolute Gasteiger partial charge is 0.319 e. The summed E-state index contributed by atoms with van der Waals surface area (Å²) in [6.45, 7) is 2.36. The quantitative estimate of drug-likeness (QED) is 0.404. The fourth-order valence-electron chi connectivity index (χ4n) is 3.57. The van der Waals surface area contributed by atoms with Crippen molar-refractivity contribution in [3.05, 3.63) is 42.6 Å². The zero-order valence-corrected chi connectivity index (χ0v) is 18.5. The highest BCUT2D eigenvalue weighted by Crippen LogP contribution is 2.55. The number of fused-ring (bicyclic) bond motifs is 1. The van der Waals surface area contributed by atoms with Gasteiger partial charge in [-0.25, -0.2) is 19.5 Å². The lowest BCUT2D eigenvalue weighted by atomic mass is 10.2. The van der Waals surface area contributed by atoms with E-state index in [1.54, 1.807) is 41.6 Å². The third-order valence-corrected chi connectivity index (χ3v) is 7.72. The fraction of sp³-hybridized carbons (Fsp3) is 0.350. The largest absolute Gasteiger partial charge is 0.494 e. The number of aromatic nitrogens is 5. The summed E-state index contributed by atoms with van der Waals surface area (Å²) >= 11 is -1.12. The maximum absolute atomic E-state index is 11.8. The second kappa shape index (κ2) is 8.28. The van der Waals surface area contributed by atoms with Crippen molar-refractivity contribution in [3.8, 4) is 11.4 Å². The number of hydrogen-bond donors (Lipinski definition) is 4. The number of ether oxygens (including phenoxy) is 1. The number of thiol groups is 1. The van der Waals surface area contributed by atoms with Gasteiger partial charge < -0.3 is 20.5 Å². The molecule has 3 N–H and O–H groups in total. The van der Waals surface area contributed by atoms with Crippen LogP contribution in [0, 0.1) is 5.92 Å². The first kappa shape index (κ1) is 20.5. The number of aliphatic hydroxyl groups is 1. The predicted octanol–water partition coefficient (Wildman–Crippen LogP) is 2.52. The Kier molecular flexibility index (Phi) is 5.31. The van der Waals surface area contributed by atoms with Crippen LogP contribution in [0.4, 0.5) is 16.3 Å². The van der Waals surface area contributed by atoms with Crippen LogP contribution < -0.4 is 15.4 Å². The highest BCUT2D eigenvalue weighted by atomic mass is 32.2. The normalized spacial score (nSPS) is 19.2. The Morgan fingerprint density at radius 3 is 3.00 bits per heavy atom. The first-order chi connectivity index (χ1) is 15.6. The lowest BCUT2D eigenvalue weighted by Gasteiger charge is -2.24. The van der Waals surface area contributed by atoms with E-state index in [4.69, 9.17) is 9.73 Å². The highest BCUT2D eigenvalue weighted by Gasteiger charge is 2.40. The molecule has 2 atom stereocenters. The summed E-state index contributed by atoms with van der Waals surface area (Å²) in [4.78, 5) is 20.7. The lowest BCUT2D eigenvalue weighted by Crippen LogP contribution is -2.28. The Bertz CT molecular complexity index is 1190. The van der Waals surface area contributed by atoms with Crippen LogP contribution >= 0.6 is 11.1 Å². The van der Waals surface area contributed by atoms with E-state index in [-0.39, 0.29) is 6.03 Å². The monoisotopic (exact) mass is 456 g/mol. The maximum atomic E-state index is 11.8. The first-order valence-electron chi connectivity index (χ1n) is 10.3. The zero-order chi connectivity index (χ0) is 22.2. The fourth-order valence-corrected chi connectivity index (χ4v) is 5.97. The number of carbonyl (C=O) groups is 1. The molecule has 5 rings (SSSR count). The van der Waals surface area contributed by atoms with Crippen molar-refractivity contribution in [2.75, 3.05) is 19.0 Å². The Labute approximate surface area is 187 Å². The summed E-state index contributed by atoms with van der Waals surface area (Å²) in [7, 11) is 1.53. The van der Waals surface area contributed by atoms with Crippen LogP contribution in [0.1, 0.15) is 30.9 Å². The molecule has 0 spiro atoms. The molecule has 1 saturated carbocycles. The molecule has 11 nitrogen and oxygen atoms in total. The number of anilines is 1. The van der Waals surface area contributed by atoms with Crippen molar-refractivity contribution in [1.82, 2.24) is 29.3 Å². The van der Waals surface area contributed by atoms with Crippen molar-refractivity contribution in [3.63, 3.8) is 0 Å². The van der Waals surface area contributed by atoms with Gasteiger partial charge in [0.1, 0.15) is 23.2 Å². The van der Waals surface area contributed by atoms with E-state index in [0.717, 1.165) is 23.7 Å². The molecule has 3 heterocycles. The van der Waals surface area contributed by atoms with Gasteiger partial charge in [-0.1, -0.05) is 16.3 Å². The number of aliphatic imine (C=N–C) groups is 1. The summed E-state index contributed by atoms with van der Waals surface area (Å²) in [5, 5.41) is 26.1. The number of aliphatic hydroxyl groups excluding tert-OH is 1. The van der Waals surface area contributed by atoms with E-state index < -0.39 is 16.5 Å². The number of urea groups is 1. The van der Waals surface area contributed by atoms with Gasteiger partial charge in [-0.15, -0.1) is 5.10 Å². The van der Waals surface area contributed by atoms with Gasteiger partial charge in [-0.3, -0.25) is 3.97 Å². The minimum atomic E-state index is -1.12. The number of carbonyl (C=O) groups excluding carboxylic acids is 1. The topological polar surface area (TPSA) is 131 Å². The molecule has 1 aliphatic carbocycles. The number of amides is 2. The van der Waals surface area contributed by atoms with Crippen molar-refractivity contribution in [2.24, 2.45) is 10.9 Å². The van der Waals surface area contributed by atoms with Gasteiger partial charge >= 0.3 is 6.03 Å². The third kappa shape index (κ3) is 3.71. The van der Waals surface area contributed by atoms with Gasteiger partial charge in [-0.05, 0) is 31.9 Å². The molecule has 2 unspecified atom stereocenters. The van der Waals surface area contributed by atoms with Crippen LogP contribution in [0.5, 0.6) is 5.75 Å². The summed E-state index contributed by atoms with van der Waals surface area (Å²) in [5.74, 6) is 1.70. The number of nitrogens with one attached hydrogen (secondary N) is 2. The molecule has 1 fully saturated rings. The van der Waals surface area contributed by atoms with E-state index in [9.17, 15) is 9.90 Å². The van der Waals surface area contributed by atoms with Gasteiger partial charge in [0.2, 0.25) is 0 Å². The van der Waals surface area contributed by atoms with Crippen LogP contribution in [0.25, 0.3) is 5.69 Å². The summed E-state index contributed by atoms with van der Waals surface area (Å²) in [5.41, 5.74) is 0.853. The van der Waals surface area contributed by atoms with E-state index in [0.29, 0.717) is 35.3 Å². The van der Waals surface area contributed by atoms with Crippen molar-refractivity contribution in [2.45, 2.75) is 25.2 Å². The summed E-state index contributed by atoms with van der Waals surface area (Å²) < 4.78 is 8.95. The third-order valence-electron chi connectivity index (χ3n) is 5.28. The molecular weight excluding hydrogens is 432 g/mol. The van der Waals surface area contributed by atoms with Crippen LogP contribution in [0.3, 0.4) is 0 Å². The molecular formula is C20H24N8O3S. The average Bonchev–Trinajstić information content (AvgIpc) is 3.19. The van der Waals surface area contributed by atoms with Gasteiger partial charge in [0.25, 0.3) is 0 Å². The highest BCUT2D eigenvalue weighted by molar-refractivity contribution is 8.29. The van der Waals surface area contributed by atoms with Crippen molar-refractivity contribution >= 4 is 33.7 Å². The molecule has 3 aromatic rings. The van der Waals surface area contributed by atoms with E-state index in [1.165, 1.54) is 7.11 Å². The molecule has 2 aromatic heterocycles. The molecule has 2 amide bonds. The number of imidazole rings is 1. The molecule has 12 heteroatoms. The SMILES string of the molecule is CCNC(=O)Nc1ccc(-n2cc(C(O)[SH]3C(C4CC4)=Nc4cncn43)nn2)cc1OC. The summed E-state index contributed by atoms with van der Waals surface area (Å²) in [6.07, 6.45) is 7.35. The van der Waals surface area contributed by atoms with Crippen molar-refractivity contribution < 1.29 is 14.6 Å². The predicted molar refractivity (Wildman–Crippen MR) is 122 cm³/mol. The van der Waals surface area contributed by atoms with E-state index in [1.807, 2.05) is 10.9 Å². The molecule has 168 valence electrons. The molecule has 0 radical (unpaired) electrons. The second-order valence-corrected chi connectivity index (χ2v) is 9.58. The van der Waals surface area contributed by atoms with Crippen LogP contribution in [-0.2, 0) is 0 Å².